The van der Waals surface area contributed by atoms with E-state index in [1.165, 1.54) is 31.0 Å². The molecular formula is C18H26N5O4+. The molecule has 0 aliphatic heterocycles. The first-order chi connectivity index (χ1) is 12.8. The zero-order valence-corrected chi connectivity index (χ0v) is 16.4. The second-order valence-electron chi connectivity index (χ2n) is 6.90. The van der Waals surface area contributed by atoms with E-state index in [0.717, 1.165) is 36.1 Å². The van der Waals surface area contributed by atoms with Gasteiger partial charge in [-0.25, -0.2) is 19.3 Å². The van der Waals surface area contributed by atoms with Crippen LogP contribution in [0.5, 0.6) is 0 Å². The van der Waals surface area contributed by atoms with Crippen LogP contribution in [0.4, 0.5) is 0 Å². The number of aromatic nitrogens is 4. The van der Waals surface area contributed by atoms with Crippen LogP contribution in [0.25, 0.3) is 5.69 Å². The van der Waals surface area contributed by atoms with Crippen LogP contribution in [-0.4, -0.2) is 71.3 Å². The van der Waals surface area contributed by atoms with Crippen molar-refractivity contribution in [3.63, 3.8) is 0 Å². The Bertz CT molecular complexity index is 782. The van der Waals surface area contributed by atoms with E-state index in [9.17, 15) is 9.59 Å². The topological polar surface area (TPSA) is 96.2 Å². The third-order valence-corrected chi connectivity index (χ3v) is 4.11. The van der Waals surface area contributed by atoms with Gasteiger partial charge in [-0.3, -0.25) is 0 Å². The summed E-state index contributed by atoms with van der Waals surface area (Å²) in [6.07, 6.45) is 4.05. The summed E-state index contributed by atoms with van der Waals surface area (Å²) in [6.45, 7) is 3.92. The molecule has 0 saturated carbocycles. The molecule has 9 heteroatoms. The normalized spacial score (nSPS) is 11.3. The van der Waals surface area contributed by atoms with Crippen LogP contribution in [0, 0.1) is 0 Å². The van der Waals surface area contributed by atoms with Crippen LogP contribution >= 0.6 is 0 Å². The maximum Gasteiger partial charge on any atom is 0.356 e. The molecule has 2 rings (SSSR count). The van der Waals surface area contributed by atoms with E-state index < -0.39 is 11.9 Å². The summed E-state index contributed by atoms with van der Waals surface area (Å²) >= 11 is 0. The minimum atomic E-state index is -0.653. The van der Waals surface area contributed by atoms with Crippen molar-refractivity contribution in [2.24, 2.45) is 0 Å². The van der Waals surface area contributed by atoms with Gasteiger partial charge in [0.25, 0.3) is 0 Å². The number of carbonyl (C=O) groups is 2. The molecule has 0 unspecified atom stereocenters. The van der Waals surface area contributed by atoms with Gasteiger partial charge in [-0.15, -0.1) is 5.10 Å². The fourth-order valence-corrected chi connectivity index (χ4v) is 2.67. The molecule has 0 saturated heterocycles. The molecule has 0 bridgehead atoms. The smallest absolute Gasteiger partial charge is 0.356 e. The Balaban J connectivity index is 2.33. The molecule has 0 aliphatic rings. The Labute approximate surface area is 158 Å². The standard InChI is InChI=1S/C18H26N5O4/c1-6-7-8-23(2,3)12-13-11-22(21-20-13)14-9-15(17(24)26-4)19-16(10-14)18(25)27-5/h9-11H,6-8,12H2,1-5H3/q+1. The molecule has 146 valence electrons. The Kier molecular flexibility index (Phi) is 6.62. The molecule has 0 aromatic carbocycles. The molecule has 0 N–H and O–H groups in total. The van der Waals surface area contributed by atoms with Gasteiger partial charge >= 0.3 is 11.9 Å². The number of hydrogen-bond acceptors (Lipinski definition) is 7. The van der Waals surface area contributed by atoms with Crippen LogP contribution in [-0.2, 0) is 16.0 Å². The molecule has 0 radical (unpaired) electrons. The highest BCUT2D eigenvalue weighted by Crippen LogP contribution is 2.15. The number of methoxy groups -OCH3 is 2. The molecule has 0 spiro atoms. The lowest BCUT2D eigenvalue weighted by Gasteiger charge is -2.28. The van der Waals surface area contributed by atoms with E-state index in [4.69, 9.17) is 9.47 Å². The highest BCUT2D eigenvalue weighted by Gasteiger charge is 2.20. The highest BCUT2D eigenvalue weighted by molar-refractivity contribution is 5.92. The molecule has 2 aromatic heterocycles. The number of hydrogen-bond donors (Lipinski definition) is 0. The Hall–Kier alpha value is -2.81. The average molecular weight is 376 g/mol. The number of pyridine rings is 1. The summed E-state index contributed by atoms with van der Waals surface area (Å²) < 4.78 is 11.7. The molecular weight excluding hydrogens is 350 g/mol. The first kappa shape index (κ1) is 20.5. The van der Waals surface area contributed by atoms with Gasteiger partial charge in [0.1, 0.15) is 12.2 Å². The zero-order chi connectivity index (χ0) is 20.0. The van der Waals surface area contributed by atoms with Gasteiger partial charge in [0.15, 0.2) is 11.4 Å². The van der Waals surface area contributed by atoms with Crippen LogP contribution < -0.4 is 0 Å². The molecule has 2 aromatic rings. The predicted molar refractivity (Wildman–Crippen MR) is 97.4 cm³/mol. The van der Waals surface area contributed by atoms with Crippen molar-refractivity contribution in [2.75, 3.05) is 34.9 Å². The summed E-state index contributed by atoms with van der Waals surface area (Å²) in [6, 6.07) is 2.99. The maximum absolute atomic E-state index is 11.9. The van der Waals surface area contributed by atoms with E-state index in [1.807, 2.05) is 0 Å². The van der Waals surface area contributed by atoms with Gasteiger partial charge in [0.05, 0.1) is 46.7 Å². The second kappa shape index (κ2) is 8.72. The van der Waals surface area contributed by atoms with Crippen molar-refractivity contribution in [1.29, 1.82) is 0 Å². The van der Waals surface area contributed by atoms with Gasteiger partial charge in [-0.05, 0) is 18.6 Å². The minimum absolute atomic E-state index is 0.00786. The van der Waals surface area contributed by atoms with Crippen LogP contribution in [0.1, 0.15) is 46.4 Å². The van der Waals surface area contributed by atoms with Gasteiger partial charge in [0.2, 0.25) is 0 Å². The number of quaternary nitrogens is 1. The number of carbonyl (C=O) groups excluding carboxylic acids is 2. The summed E-state index contributed by atoms with van der Waals surface area (Å²) in [5, 5.41) is 8.35. The molecule has 9 nitrogen and oxygen atoms in total. The number of nitrogens with zero attached hydrogens (tertiary/aromatic N) is 5. The van der Waals surface area contributed by atoms with Crippen molar-refractivity contribution in [2.45, 2.75) is 26.3 Å². The number of rotatable bonds is 8. The lowest BCUT2D eigenvalue weighted by Crippen LogP contribution is -2.39. The number of esters is 2. The number of unbranched alkanes of at least 4 members (excludes halogenated alkanes) is 1. The predicted octanol–water partition coefficient (Wildman–Crippen LogP) is 1.61. The van der Waals surface area contributed by atoms with Crippen LogP contribution in [0.15, 0.2) is 18.3 Å². The highest BCUT2D eigenvalue weighted by atomic mass is 16.5. The van der Waals surface area contributed by atoms with Crippen molar-refractivity contribution in [3.8, 4) is 5.69 Å². The molecule has 0 fully saturated rings. The fourth-order valence-electron chi connectivity index (χ4n) is 2.67. The van der Waals surface area contributed by atoms with Crippen molar-refractivity contribution in [3.05, 3.63) is 35.4 Å². The zero-order valence-electron chi connectivity index (χ0n) is 16.4. The van der Waals surface area contributed by atoms with Crippen LogP contribution in [0.2, 0.25) is 0 Å². The lowest BCUT2D eigenvalue weighted by molar-refractivity contribution is -0.904. The quantitative estimate of drug-likeness (QED) is 0.510. The summed E-state index contributed by atoms with van der Waals surface area (Å²) in [5.74, 6) is -1.31. The molecule has 0 amide bonds. The van der Waals surface area contributed by atoms with Gasteiger partial charge in [-0.2, -0.15) is 0 Å². The van der Waals surface area contributed by atoms with Crippen LogP contribution in [0.3, 0.4) is 0 Å². The second-order valence-corrected chi connectivity index (χ2v) is 6.90. The van der Waals surface area contributed by atoms with Gasteiger partial charge in [-0.1, -0.05) is 18.6 Å². The Morgan fingerprint density at radius 3 is 2.22 bits per heavy atom. The van der Waals surface area contributed by atoms with E-state index >= 15 is 0 Å². The largest absolute Gasteiger partial charge is 0.464 e. The van der Waals surface area contributed by atoms with Gasteiger partial charge in [0, 0.05) is 0 Å². The SMILES string of the molecule is CCCC[N+](C)(C)Cc1cn(-c2cc(C(=O)OC)nc(C(=O)OC)c2)nn1. The van der Waals surface area contributed by atoms with E-state index in [1.54, 1.807) is 6.20 Å². The lowest BCUT2D eigenvalue weighted by atomic mass is 10.2. The first-order valence-electron chi connectivity index (χ1n) is 8.72. The van der Waals surface area contributed by atoms with Crippen molar-refractivity contribution >= 4 is 11.9 Å². The summed E-state index contributed by atoms with van der Waals surface area (Å²) in [7, 11) is 6.79. The van der Waals surface area contributed by atoms with Gasteiger partial charge < -0.3 is 14.0 Å². The Morgan fingerprint density at radius 2 is 1.70 bits per heavy atom. The van der Waals surface area contributed by atoms with E-state index in [0.29, 0.717) is 5.69 Å². The molecule has 27 heavy (non-hydrogen) atoms. The van der Waals surface area contributed by atoms with E-state index in [-0.39, 0.29) is 11.4 Å². The monoisotopic (exact) mass is 376 g/mol. The molecule has 0 aliphatic carbocycles. The average Bonchev–Trinajstić information content (AvgIpc) is 3.12. The van der Waals surface area contributed by atoms with Crippen molar-refractivity contribution in [1.82, 2.24) is 20.0 Å². The van der Waals surface area contributed by atoms with Crippen molar-refractivity contribution < 1.29 is 23.5 Å². The fraction of sp³-hybridized carbons (Fsp3) is 0.500. The molecule has 2 heterocycles. The summed E-state index contributed by atoms with van der Waals surface area (Å²) in [5.41, 5.74) is 1.27. The first-order valence-corrected chi connectivity index (χ1v) is 8.72. The summed E-state index contributed by atoms with van der Waals surface area (Å²) in [4.78, 5) is 27.7. The Morgan fingerprint density at radius 1 is 1.11 bits per heavy atom. The minimum Gasteiger partial charge on any atom is -0.464 e. The third-order valence-electron chi connectivity index (χ3n) is 4.11. The maximum atomic E-state index is 11.9. The third kappa shape index (κ3) is 5.33. The molecule has 0 atom stereocenters. The number of ether oxygens (including phenoxy) is 2. The van der Waals surface area contributed by atoms with E-state index in [2.05, 4.69) is 36.3 Å².